The number of esters is 1. The molecule has 1 aromatic heterocycles. The van der Waals surface area contributed by atoms with E-state index in [9.17, 15) is 9.59 Å². The number of ether oxygens (including phenoxy) is 1. The van der Waals surface area contributed by atoms with Gasteiger partial charge in [0.25, 0.3) is 0 Å². The van der Waals surface area contributed by atoms with Crippen LogP contribution in [0, 0.1) is 5.92 Å². The first-order valence-electron chi connectivity index (χ1n) is 8.89. The number of hydrogen-bond acceptors (Lipinski definition) is 5. The van der Waals surface area contributed by atoms with E-state index in [1.807, 2.05) is 5.38 Å². The topological polar surface area (TPSA) is 58.6 Å². The van der Waals surface area contributed by atoms with E-state index in [-0.39, 0.29) is 11.9 Å². The lowest BCUT2D eigenvalue weighted by atomic mass is 9.99. The highest BCUT2D eigenvalue weighted by Gasteiger charge is 2.32. The van der Waals surface area contributed by atoms with Crippen LogP contribution in [0.1, 0.15) is 61.4 Å². The summed E-state index contributed by atoms with van der Waals surface area (Å²) < 4.78 is 5.19. The van der Waals surface area contributed by atoms with Crippen molar-refractivity contribution in [1.82, 2.24) is 4.90 Å². The molecule has 5 nitrogen and oxygen atoms in total. The van der Waals surface area contributed by atoms with Crippen LogP contribution in [0.4, 0.5) is 5.00 Å². The summed E-state index contributed by atoms with van der Waals surface area (Å²) in [5, 5.41) is 5.59. The van der Waals surface area contributed by atoms with Crippen molar-refractivity contribution < 1.29 is 14.3 Å². The molecule has 1 saturated carbocycles. The Morgan fingerprint density at radius 3 is 2.62 bits per heavy atom. The number of carbonyl (C=O) groups is 2. The fourth-order valence-electron chi connectivity index (χ4n) is 3.16. The zero-order chi connectivity index (χ0) is 17.1. The zero-order valence-electron chi connectivity index (χ0n) is 14.5. The smallest absolute Gasteiger partial charge is 0.341 e. The Labute approximate surface area is 147 Å². The largest absolute Gasteiger partial charge is 0.462 e. The van der Waals surface area contributed by atoms with E-state index in [2.05, 4.69) is 17.1 Å². The Morgan fingerprint density at radius 1 is 1.29 bits per heavy atom. The molecule has 1 aliphatic carbocycles. The fraction of sp³-hybridized carbons (Fsp3) is 0.667. The minimum absolute atomic E-state index is 0.0423. The summed E-state index contributed by atoms with van der Waals surface area (Å²) in [5.41, 5.74) is 1.62. The summed E-state index contributed by atoms with van der Waals surface area (Å²) in [4.78, 5) is 26.9. The van der Waals surface area contributed by atoms with Crippen LogP contribution in [0.25, 0.3) is 0 Å². The molecule has 2 heterocycles. The van der Waals surface area contributed by atoms with Crippen molar-refractivity contribution in [3.8, 4) is 0 Å². The number of piperidine rings is 1. The van der Waals surface area contributed by atoms with E-state index >= 15 is 0 Å². The van der Waals surface area contributed by atoms with Crippen molar-refractivity contribution in [3.05, 3.63) is 16.5 Å². The number of hydrogen-bond donors (Lipinski definition) is 1. The molecule has 2 aliphatic rings. The molecule has 1 N–H and O–H groups in total. The molecule has 0 spiro atoms. The van der Waals surface area contributed by atoms with Gasteiger partial charge in [0.2, 0.25) is 5.91 Å². The molecule has 1 saturated heterocycles. The van der Waals surface area contributed by atoms with Crippen molar-refractivity contribution in [2.75, 3.05) is 31.6 Å². The van der Waals surface area contributed by atoms with Gasteiger partial charge in [-0.2, -0.15) is 0 Å². The van der Waals surface area contributed by atoms with Gasteiger partial charge in [-0.1, -0.05) is 6.92 Å². The van der Waals surface area contributed by atoms with E-state index < -0.39 is 0 Å². The second-order valence-electron chi connectivity index (χ2n) is 6.90. The van der Waals surface area contributed by atoms with Crippen LogP contribution < -0.4 is 5.32 Å². The van der Waals surface area contributed by atoms with Crippen LogP contribution in [-0.4, -0.2) is 43.0 Å². The lowest BCUT2D eigenvalue weighted by molar-refractivity contribution is -0.117. The predicted octanol–water partition coefficient (Wildman–Crippen LogP) is 3.47. The lowest BCUT2D eigenvalue weighted by Crippen LogP contribution is -2.38. The molecule has 0 bridgehead atoms. The van der Waals surface area contributed by atoms with Gasteiger partial charge in [0.05, 0.1) is 18.7 Å². The summed E-state index contributed by atoms with van der Waals surface area (Å²) in [6.07, 6.45) is 4.52. The molecule has 1 aromatic rings. The molecule has 6 heteroatoms. The standard InChI is InChI=1S/C18H26N2O3S/c1-3-23-18(22)16-14(13-4-5-13)11-24-17(16)19-15(21)10-20-8-6-12(2)7-9-20/h11-13H,3-10H2,1-2H3,(H,19,21). The van der Waals surface area contributed by atoms with E-state index in [0.717, 1.165) is 50.3 Å². The summed E-state index contributed by atoms with van der Waals surface area (Å²) in [6, 6.07) is 0. The van der Waals surface area contributed by atoms with Crippen LogP contribution in [-0.2, 0) is 9.53 Å². The number of thiophene rings is 1. The van der Waals surface area contributed by atoms with Gasteiger partial charge in [0.15, 0.2) is 0 Å². The van der Waals surface area contributed by atoms with Gasteiger partial charge >= 0.3 is 5.97 Å². The average molecular weight is 350 g/mol. The van der Waals surface area contributed by atoms with Gasteiger partial charge < -0.3 is 10.1 Å². The van der Waals surface area contributed by atoms with Crippen molar-refractivity contribution in [1.29, 1.82) is 0 Å². The van der Waals surface area contributed by atoms with Crippen LogP contribution in [0.2, 0.25) is 0 Å². The Morgan fingerprint density at radius 2 is 2.00 bits per heavy atom. The number of rotatable bonds is 6. The maximum atomic E-state index is 12.4. The molecule has 1 aliphatic heterocycles. The molecule has 0 aromatic carbocycles. The summed E-state index contributed by atoms with van der Waals surface area (Å²) in [7, 11) is 0. The SMILES string of the molecule is CCOC(=O)c1c(C2CC2)csc1NC(=O)CN1CCC(C)CC1. The molecule has 132 valence electrons. The molecule has 3 rings (SSSR count). The zero-order valence-corrected chi connectivity index (χ0v) is 15.3. The molecule has 1 amide bonds. The second kappa shape index (κ2) is 7.66. The van der Waals surface area contributed by atoms with Crippen molar-refractivity contribution >= 4 is 28.2 Å². The third-order valence-corrected chi connectivity index (χ3v) is 5.73. The number of nitrogens with one attached hydrogen (secondary N) is 1. The van der Waals surface area contributed by atoms with E-state index in [0.29, 0.717) is 29.6 Å². The third kappa shape index (κ3) is 4.16. The van der Waals surface area contributed by atoms with E-state index in [1.165, 1.54) is 11.3 Å². The van der Waals surface area contributed by atoms with Gasteiger partial charge in [-0.3, -0.25) is 9.69 Å². The Kier molecular flexibility index (Phi) is 5.56. The number of likely N-dealkylation sites (tertiary alicyclic amines) is 1. The maximum absolute atomic E-state index is 12.4. The molecular weight excluding hydrogens is 324 g/mol. The highest BCUT2D eigenvalue weighted by molar-refractivity contribution is 7.15. The van der Waals surface area contributed by atoms with Gasteiger partial charge in [0, 0.05) is 0 Å². The van der Waals surface area contributed by atoms with Crippen LogP contribution in [0.15, 0.2) is 5.38 Å². The number of amides is 1. The van der Waals surface area contributed by atoms with Crippen LogP contribution >= 0.6 is 11.3 Å². The van der Waals surface area contributed by atoms with Gasteiger partial charge in [-0.25, -0.2) is 4.79 Å². The monoisotopic (exact) mass is 350 g/mol. The molecule has 24 heavy (non-hydrogen) atoms. The van der Waals surface area contributed by atoms with E-state index in [4.69, 9.17) is 4.74 Å². The molecular formula is C18H26N2O3S. The normalized spacial score (nSPS) is 19.2. The van der Waals surface area contributed by atoms with Crippen molar-refractivity contribution in [2.24, 2.45) is 5.92 Å². The number of carbonyl (C=O) groups excluding carboxylic acids is 2. The molecule has 0 radical (unpaired) electrons. The number of anilines is 1. The highest BCUT2D eigenvalue weighted by atomic mass is 32.1. The van der Waals surface area contributed by atoms with E-state index in [1.54, 1.807) is 6.92 Å². The van der Waals surface area contributed by atoms with Crippen molar-refractivity contribution in [2.45, 2.75) is 45.4 Å². The minimum Gasteiger partial charge on any atom is -0.462 e. The predicted molar refractivity (Wildman–Crippen MR) is 95.7 cm³/mol. The molecule has 2 fully saturated rings. The average Bonchev–Trinajstić information content (AvgIpc) is 3.31. The first-order valence-corrected chi connectivity index (χ1v) is 9.77. The van der Waals surface area contributed by atoms with Gasteiger partial charge in [-0.05, 0) is 68.5 Å². The van der Waals surface area contributed by atoms with Crippen molar-refractivity contribution in [3.63, 3.8) is 0 Å². The Hall–Kier alpha value is -1.40. The summed E-state index contributed by atoms with van der Waals surface area (Å²) >= 11 is 1.44. The van der Waals surface area contributed by atoms with Gasteiger partial charge in [0.1, 0.15) is 5.00 Å². The maximum Gasteiger partial charge on any atom is 0.341 e. The van der Waals surface area contributed by atoms with Crippen LogP contribution in [0.5, 0.6) is 0 Å². The molecule has 0 unspecified atom stereocenters. The quantitative estimate of drug-likeness (QED) is 0.798. The highest BCUT2D eigenvalue weighted by Crippen LogP contribution is 2.46. The third-order valence-electron chi connectivity index (χ3n) is 4.81. The Bertz CT molecular complexity index is 601. The number of nitrogens with zero attached hydrogens (tertiary/aromatic N) is 1. The Balaban J connectivity index is 1.65. The van der Waals surface area contributed by atoms with Gasteiger partial charge in [-0.15, -0.1) is 11.3 Å². The molecule has 0 atom stereocenters. The van der Waals surface area contributed by atoms with Crippen LogP contribution in [0.3, 0.4) is 0 Å². The minimum atomic E-state index is -0.317. The lowest BCUT2D eigenvalue weighted by Gasteiger charge is -2.29. The first kappa shape index (κ1) is 17.4. The summed E-state index contributed by atoms with van der Waals surface area (Å²) in [5.74, 6) is 0.843. The summed E-state index contributed by atoms with van der Waals surface area (Å²) in [6.45, 7) is 6.74. The fourth-order valence-corrected chi connectivity index (χ4v) is 4.21. The second-order valence-corrected chi connectivity index (χ2v) is 7.78. The first-order chi connectivity index (χ1) is 11.6.